The van der Waals surface area contributed by atoms with E-state index in [1.54, 1.807) is 0 Å². The highest BCUT2D eigenvalue weighted by atomic mass is 32.1. The molecule has 0 aliphatic heterocycles. The van der Waals surface area contributed by atoms with Gasteiger partial charge in [-0.2, -0.15) is 0 Å². The van der Waals surface area contributed by atoms with Crippen LogP contribution in [0.25, 0.3) is 120 Å². The molecule has 0 unspecified atom stereocenters. The average Bonchev–Trinajstić information content (AvgIpc) is 4.00. The van der Waals surface area contributed by atoms with Crippen molar-refractivity contribution in [3.05, 3.63) is 231 Å². The first-order valence-corrected chi connectivity index (χ1v) is 22.4. The summed E-state index contributed by atoms with van der Waals surface area (Å²) < 4.78 is 7.53. The van der Waals surface area contributed by atoms with Crippen molar-refractivity contribution < 1.29 is 0 Å². The van der Waals surface area contributed by atoms with Crippen LogP contribution in [-0.4, -0.2) is 9.13 Å². The highest BCUT2D eigenvalue weighted by Crippen LogP contribution is 2.42. The van der Waals surface area contributed by atoms with Crippen LogP contribution < -0.4 is 0 Å². The number of benzene rings is 10. The van der Waals surface area contributed by atoms with E-state index in [2.05, 4.69) is 240 Å². The van der Waals surface area contributed by atoms with E-state index >= 15 is 0 Å². The average molecular weight is 819 g/mol. The van der Waals surface area contributed by atoms with Crippen molar-refractivity contribution in [3.63, 3.8) is 0 Å². The Labute approximate surface area is 368 Å². The molecule has 13 aromatic rings. The van der Waals surface area contributed by atoms with Gasteiger partial charge in [-0.05, 0) is 105 Å². The molecule has 3 heteroatoms. The predicted octanol–water partition coefficient (Wildman–Crippen LogP) is 16.9. The first-order chi connectivity index (χ1) is 31.2. The van der Waals surface area contributed by atoms with Crippen molar-refractivity contribution in [1.29, 1.82) is 0 Å². The second-order valence-corrected chi connectivity index (χ2v) is 17.6. The zero-order valence-corrected chi connectivity index (χ0v) is 35.1. The van der Waals surface area contributed by atoms with Gasteiger partial charge in [0.05, 0.1) is 22.1 Å². The third kappa shape index (κ3) is 5.85. The summed E-state index contributed by atoms with van der Waals surface area (Å²) in [5, 5.41) is 7.72. The molecule has 3 aromatic heterocycles. The molecule has 0 N–H and O–H groups in total. The summed E-state index contributed by atoms with van der Waals surface area (Å²) in [6.45, 7) is 0. The van der Waals surface area contributed by atoms with E-state index in [-0.39, 0.29) is 0 Å². The van der Waals surface area contributed by atoms with Gasteiger partial charge in [-0.15, -0.1) is 11.3 Å². The molecular formula is C60H38N2S. The van der Waals surface area contributed by atoms with Crippen LogP contribution in [0.3, 0.4) is 0 Å². The second kappa shape index (κ2) is 14.3. The van der Waals surface area contributed by atoms with Crippen molar-refractivity contribution >= 4 is 75.1 Å². The fourth-order valence-corrected chi connectivity index (χ4v) is 11.0. The Morgan fingerprint density at radius 1 is 0.222 bits per heavy atom. The minimum Gasteiger partial charge on any atom is -0.309 e. The quantitative estimate of drug-likeness (QED) is 0.158. The third-order valence-corrected chi connectivity index (χ3v) is 14.1. The molecule has 0 fully saturated rings. The Morgan fingerprint density at radius 3 is 1.17 bits per heavy atom. The van der Waals surface area contributed by atoms with Crippen LogP contribution in [0.5, 0.6) is 0 Å². The first-order valence-electron chi connectivity index (χ1n) is 21.6. The largest absolute Gasteiger partial charge is 0.309 e. The summed E-state index contributed by atoms with van der Waals surface area (Å²) in [4.78, 5) is 0. The van der Waals surface area contributed by atoms with Gasteiger partial charge in [0.1, 0.15) is 0 Å². The highest BCUT2D eigenvalue weighted by molar-refractivity contribution is 7.25. The number of fused-ring (bicyclic) bond motifs is 9. The van der Waals surface area contributed by atoms with Gasteiger partial charge in [-0.1, -0.05) is 170 Å². The molecule has 2 nitrogen and oxygen atoms in total. The van der Waals surface area contributed by atoms with Gasteiger partial charge in [0.25, 0.3) is 0 Å². The predicted molar refractivity (Wildman–Crippen MR) is 270 cm³/mol. The summed E-state index contributed by atoms with van der Waals surface area (Å²) in [5.41, 5.74) is 16.8. The molecular weight excluding hydrogens is 781 g/mol. The van der Waals surface area contributed by atoms with E-state index in [1.165, 1.54) is 108 Å². The van der Waals surface area contributed by atoms with Crippen molar-refractivity contribution in [2.45, 2.75) is 0 Å². The summed E-state index contributed by atoms with van der Waals surface area (Å²) in [6.07, 6.45) is 0. The Balaban J connectivity index is 0.839. The number of aromatic nitrogens is 2. The Hall–Kier alpha value is -7.98. The van der Waals surface area contributed by atoms with E-state index in [4.69, 9.17) is 0 Å². The SMILES string of the molecule is c1ccc(-c2ccc3c4ccc(-c5ccccc5)cc4n(-c4ccc(-c5ccc(-c6ccc(-n7c8ccccc8c8cc9sc%10ccccc%10c9cc87)cc6)cc5)cc4)c3c2)cc1. The van der Waals surface area contributed by atoms with Gasteiger partial charge in [-0.25, -0.2) is 0 Å². The third-order valence-electron chi connectivity index (χ3n) is 13.0. The molecule has 0 amide bonds. The molecule has 10 aromatic carbocycles. The molecule has 0 radical (unpaired) electrons. The fourth-order valence-electron chi connectivity index (χ4n) is 9.84. The van der Waals surface area contributed by atoms with Gasteiger partial charge >= 0.3 is 0 Å². The normalized spacial score (nSPS) is 11.8. The molecule has 3 heterocycles. The lowest BCUT2D eigenvalue weighted by Gasteiger charge is -2.12. The van der Waals surface area contributed by atoms with Gasteiger partial charge in [0.15, 0.2) is 0 Å². The first kappa shape index (κ1) is 35.7. The van der Waals surface area contributed by atoms with Crippen molar-refractivity contribution in [2.24, 2.45) is 0 Å². The highest BCUT2D eigenvalue weighted by Gasteiger charge is 2.17. The van der Waals surface area contributed by atoms with Crippen molar-refractivity contribution in [1.82, 2.24) is 9.13 Å². The van der Waals surface area contributed by atoms with Crippen LogP contribution in [0.1, 0.15) is 0 Å². The van der Waals surface area contributed by atoms with Crippen LogP contribution in [0.4, 0.5) is 0 Å². The molecule has 294 valence electrons. The summed E-state index contributed by atoms with van der Waals surface area (Å²) in [6, 6.07) is 84.6. The van der Waals surface area contributed by atoms with E-state index in [0.717, 1.165) is 11.4 Å². The molecule has 0 aliphatic carbocycles. The van der Waals surface area contributed by atoms with Crippen LogP contribution in [0.15, 0.2) is 231 Å². The Morgan fingerprint density at radius 2 is 0.619 bits per heavy atom. The monoisotopic (exact) mass is 818 g/mol. The van der Waals surface area contributed by atoms with Crippen LogP contribution in [0.2, 0.25) is 0 Å². The minimum atomic E-state index is 1.14. The summed E-state index contributed by atoms with van der Waals surface area (Å²) >= 11 is 1.88. The van der Waals surface area contributed by atoms with E-state index < -0.39 is 0 Å². The molecule has 0 spiro atoms. The van der Waals surface area contributed by atoms with Gasteiger partial charge in [0.2, 0.25) is 0 Å². The lowest BCUT2D eigenvalue weighted by Crippen LogP contribution is -1.94. The van der Waals surface area contributed by atoms with Crippen molar-refractivity contribution in [2.75, 3.05) is 0 Å². The minimum absolute atomic E-state index is 1.14. The standard InChI is InChI=1S/C60H38N2S/c1-3-11-39(12-4-1)45-27-33-50-51-34-28-46(40-13-5-2-6-14-40)36-57(51)62(56(50)35-45)48-31-25-44(26-32-48)42-21-19-41(20-22-42)43-23-29-47(30-24-43)61-55-17-9-7-15-49(55)53-38-60-54(37-58(53)61)52-16-8-10-18-59(52)63-60/h1-38H. The molecule has 0 saturated heterocycles. The molecule has 0 bridgehead atoms. The van der Waals surface area contributed by atoms with E-state index in [9.17, 15) is 0 Å². The van der Waals surface area contributed by atoms with Crippen molar-refractivity contribution in [3.8, 4) is 55.9 Å². The summed E-state index contributed by atoms with van der Waals surface area (Å²) in [7, 11) is 0. The molecule has 13 rings (SSSR count). The van der Waals surface area contributed by atoms with Gasteiger partial charge < -0.3 is 9.13 Å². The Bertz CT molecular complexity index is 3760. The van der Waals surface area contributed by atoms with Crippen LogP contribution >= 0.6 is 11.3 Å². The maximum absolute atomic E-state index is 2.43. The number of nitrogens with zero attached hydrogens (tertiary/aromatic N) is 2. The molecule has 0 saturated carbocycles. The number of hydrogen-bond donors (Lipinski definition) is 0. The molecule has 63 heavy (non-hydrogen) atoms. The lowest BCUT2D eigenvalue weighted by molar-refractivity contribution is 1.18. The van der Waals surface area contributed by atoms with E-state index in [0.29, 0.717) is 0 Å². The second-order valence-electron chi connectivity index (χ2n) is 16.5. The summed E-state index contributed by atoms with van der Waals surface area (Å²) in [5.74, 6) is 0. The molecule has 0 atom stereocenters. The molecule has 0 aliphatic rings. The van der Waals surface area contributed by atoms with E-state index in [1.807, 2.05) is 11.3 Å². The number of para-hydroxylation sites is 1. The maximum Gasteiger partial charge on any atom is 0.0548 e. The number of thiophene rings is 1. The zero-order chi connectivity index (χ0) is 41.4. The van der Waals surface area contributed by atoms with Crippen LogP contribution in [-0.2, 0) is 0 Å². The maximum atomic E-state index is 2.43. The van der Waals surface area contributed by atoms with Crippen LogP contribution in [0, 0.1) is 0 Å². The topological polar surface area (TPSA) is 9.86 Å². The number of hydrogen-bond acceptors (Lipinski definition) is 1. The zero-order valence-electron chi connectivity index (χ0n) is 34.2. The van der Waals surface area contributed by atoms with Gasteiger partial charge in [0, 0.05) is 53.1 Å². The number of rotatable bonds is 6. The lowest BCUT2D eigenvalue weighted by atomic mass is 10.00. The Kier molecular flexibility index (Phi) is 8.12. The smallest absolute Gasteiger partial charge is 0.0548 e. The fraction of sp³-hybridized carbons (Fsp3) is 0. The van der Waals surface area contributed by atoms with Gasteiger partial charge in [-0.3, -0.25) is 0 Å².